The van der Waals surface area contributed by atoms with Gasteiger partial charge in [-0.2, -0.15) is 0 Å². The van der Waals surface area contributed by atoms with Gasteiger partial charge < -0.3 is 10.2 Å². The number of hydrogen-bond donors (Lipinski definition) is 1. The monoisotopic (exact) mass is 364 g/mol. The van der Waals surface area contributed by atoms with Crippen LogP contribution in [-0.2, 0) is 11.2 Å². The third-order valence-electron chi connectivity index (χ3n) is 5.64. The van der Waals surface area contributed by atoms with Gasteiger partial charge in [0.15, 0.2) is 0 Å². The van der Waals surface area contributed by atoms with Gasteiger partial charge in [0.2, 0.25) is 5.91 Å². The molecule has 1 aromatic carbocycles. The van der Waals surface area contributed by atoms with Gasteiger partial charge in [-0.25, -0.2) is 0 Å². The first-order valence-electron chi connectivity index (χ1n) is 10.1. The van der Waals surface area contributed by atoms with Crippen LogP contribution in [0.4, 0.5) is 5.69 Å². The summed E-state index contributed by atoms with van der Waals surface area (Å²) in [6, 6.07) is 12.3. The van der Waals surface area contributed by atoms with E-state index < -0.39 is 0 Å². The van der Waals surface area contributed by atoms with Crippen molar-refractivity contribution in [1.29, 1.82) is 0 Å². The van der Waals surface area contributed by atoms with Crippen molar-refractivity contribution < 1.29 is 4.79 Å². The number of pyridine rings is 1. The number of hydrogen-bond acceptors (Lipinski definition) is 4. The Kier molecular flexibility index (Phi) is 5.68. The summed E-state index contributed by atoms with van der Waals surface area (Å²) in [4.78, 5) is 21.9. The van der Waals surface area contributed by atoms with Crippen LogP contribution in [0.1, 0.15) is 36.4 Å². The Morgan fingerprint density at radius 3 is 2.78 bits per heavy atom. The highest BCUT2D eigenvalue weighted by molar-refractivity contribution is 5.83. The molecule has 5 nitrogen and oxygen atoms in total. The van der Waals surface area contributed by atoms with Crippen molar-refractivity contribution in [3.8, 4) is 0 Å². The zero-order valence-corrected chi connectivity index (χ0v) is 15.8. The molecule has 0 spiro atoms. The molecule has 0 aliphatic carbocycles. The van der Waals surface area contributed by atoms with Crippen molar-refractivity contribution in [2.75, 3.05) is 37.6 Å². The Labute approximate surface area is 161 Å². The molecule has 1 fully saturated rings. The predicted octanol–water partition coefficient (Wildman–Crippen LogP) is 2.79. The van der Waals surface area contributed by atoms with Gasteiger partial charge in [-0.3, -0.25) is 14.7 Å². The number of anilines is 1. The number of carbonyl (C=O) groups excluding carboxylic acids is 1. The molecule has 2 aromatic rings. The van der Waals surface area contributed by atoms with Crippen LogP contribution in [0, 0.1) is 0 Å². The van der Waals surface area contributed by atoms with Crippen molar-refractivity contribution in [3.63, 3.8) is 0 Å². The summed E-state index contributed by atoms with van der Waals surface area (Å²) in [7, 11) is 0. The molecule has 1 saturated heterocycles. The Bertz CT molecular complexity index is 758. The topological polar surface area (TPSA) is 48.5 Å². The molecule has 3 heterocycles. The Morgan fingerprint density at radius 1 is 1.11 bits per heavy atom. The first-order chi connectivity index (χ1) is 13.3. The second-order valence-corrected chi connectivity index (χ2v) is 7.44. The Hall–Kier alpha value is -2.40. The van der Waals surface area contributed by atoms with E-state index in [0.29, 0.717) is 6.54 Å². The third kappa shape index (κ3) is 4.14. The minimum absolute atomic E-state index is 0.103. The first-order valence-corrected chi connectivity index (χ1v) is 10.1. The lowest BCUT2D eigenvalue weighted by atomic mass is 10.1. The minimum Gasteiger partial charge on any atom is -0.371 e. The van der Waals surface area contributed by atoms with Crippen molar-refractivity contribution in [2.45, 2.75) is 31.7 Å². The molecule has 0 bridgehead atoms. The number of aromatic nitrogens is 1. The molecule has 5 heteroatoms. The number of amides is 1. The standard InChI is InChI=1S/C22H28N4O/c27-22(21(26-13-3-4-14-26)19-8-5-11-23-17-19)24-12-6-15-25-16-10-18-7-1-2-9-20(18)25/h1-2,5,7-9,11,17,21H,3-4,6,10,12-16H2,(H,24,27)/t21-/m1/s1. The Balaban J connectivity index is 1.31. The predicted molar refractivity (Wildman–Crippen MR) is 108 cm³/mol. The van der Waals surface area contributed by atoms with E-state index >= 15 is 0 Å². The lowest BCUT2D eigenvalue weighted by Crippen LogP contribution is -2.40. The zero-order chi connectivity index (χ0) is 18.5. The van der Waals surface area contributed by atoms with Crippen molar-refractivity contribution >= 4 is 11.6 Å². The first kappa shape index (κ1) is 18.0. The maximum absolute atomic E-state index is 12.9. The number of nitrogens with zero attached hydrogens (tertiary/aromatic N) is 3. The van der Waals surface area contributed by atoms with Gasteiger partial charge >= 0.3 is 0 Å². The molecule has 1 amide bonds. The summed E-state index contributed by atoms with van der Waals surface area (Å²) in [6.45, 7) is 4.75. The normalized spacial score (nSPS) is 17.7. The SMILES string of the molecule is O=C(NCCCN1CCc2ccccc21)[C@@H](c1cccnc1)N1CCCC1. The van der Waals surface area contributed by atoms with E-state index in [1.807, 2.05) is 18.3 Å². The highest BCUT2D eigenvalue weighted by Gasteiger charge is 2.29. The van der Waals surface area contributed by atoms with Gasteiger partial charge in [0, 0.05) is 37.7 Å². The van der Waals surface area contributed by atoms with Crippen LogP contribution in [0.3, 0.4) is 0 Å². The molecule has 0 unspecified atom stereocenters. The average Bonchev–Trinajstić information content (AvgIpc) is 3.37. The van der Waals surface area contributed by atoms with E-state index in [1.54, 1.807) is 6.20 Å². The lowest BCUT2D eigenvalue weighted by molar-refractivity contribution is -0.126. The number of para-hydroxylation sites is 1. The summed E-state index contributed by atoms with van der Waals surface area (Å²) in [5.74, 6) is 0.103. The van der Waals surface area contributed by atoms with Gasteiger partial charge in [-0.05, 0) is 62.0 Å². The van der Waals surface area contributed by atoms with Gasteiger partial charge in [-0.1, -0.05) is 24.3 Å². The molecule has 27 heavy (non-hydrogen) atoms. The van der Waals surface area contributed by atoms with Crippen LogP contribution in [0.15, 0.2) is 48.8 Å². The van der Waals surface area contributed by atoms with E-state index in [0.717, 1.165) is 44.6 Å². The summed E-state index contributed by atoms with van der Waals surface area (Å²) in [5, 5.41) is 3.17. The molecular formula is C22H28N4O. The average molecular weight is 364 g/mol. The number of rotatable bonds is 7. The van der Waals surface area contributed by atoms with Crippen molar-refractivity contribution in [1.82, 2.24) is 15.2 Å². The summed E-state index contributed by atoms with van der Waals surface area (Å²) >= 11 is 0. The molecule has 2 aliphatic heterocycles. The van der Waals surface area contributed by atoms with Crippen molar-refractivity contribution in [2.24, 2.45) is 0 Å². The van der Waals surface area contributed by atoms with Gasteiger partial charge in [-0.15, -0.1) is 0 Å². The van der Waals surface area contributed by atoms with Crippen LogP contribution in [0.5, 0.6) is 0 Å². The van der Waals surface area contributed by atoms with Crippen molar-refractivity contribution in [3.05, 3.63) is 59.9 Å². The van der Waals surface area contributed by atoms with E-state index in [2.05, 4.69) is 44.4 Å². The largest absolute Gasteiger partial charge is 0.371 e. The quantitative estimate of drug-likeness (QED) is 0.768. The van der Waals surface area contributed by atoms with Crippen LogP contribution in [0.25, 0.3) is 0 Å². The van der Waals surface area contributed by atoms with Crippen LogP contribution in [0.2, 0.25) is 0 Å². The molecule has 1 N–H and O–H groups in total. The van der Waals surface area contributed by atoms with E-state index in [9.17, 15) is 4.79 Å². The molecule has 0 radical (unpaired) electrons. The summed E-state index contributed by atoms with van der Waals surface area (Å²) < 4.78 is 0. The molecule has 142 valence electrons. The maximum atomic E-state index is 12.9. The number of fused-ring (bicyclic) bond motifs is 1. The zero-order valence-electron chi connectivity index (χ0n) is 15.8. The van der Waals surface area contributed by atoms with E-state index in [1.165, 1.54) is 24.1 Å². The third-order valence-corrected chi connectivity index (χ3v) is 5.64. The smallest absolute Gasteiger partial charge is 0.242 e. The molecule has 2 aliphatic rings. The van der Waals surface area contributed by atoms with Gasteiger partial charge in [0.05, 0.1) is 0 Å². The summed E-state index contributed by atoms with van der Waals surface area (Å²) in [5.41, 5.74) is 3.78. The number of carbonyl (C=O) groups is 1. The molecule has 0 saturated carbocycles. The molecule has 1 aromatic heterocycles. The highest BCUT2D eigenvalue weighted by atomic mass is 16.2. The van der Waals surface area contributed by atoms with Gasteiger partial charge in [0.25, 0.3) is 0 Å². The fourth-order valence-electron chi connectivity index (χ4n) is 4.28. The minimum atomic E-state index is -0.214. The molecular weight excluding hydrogens is 336 g/mol. The number of nitrogens with one attached hydrogen (secondary N) is 1. The molecule has 1 atom stereocenters. The van der Waals surface area contributed by atoms with Crippen LogP contribution in [-0.4, -0.2) is 48.5 Å². The summed E-state index contributed by atoms with van der Waals surface area (Å²) in [6.07, 6.45) is 8.00. The van der Waals surface area contributed by atoms with E-state index in [4.69, 9.17) is 0 Å². The number of likely N-dealkylation sites (tertiary alicyclic amines) is 1. The van der Waals surface area contributed by atoms with Crippen LogP contribution < -0.4 is 10.2 Å². The number of benzene rings is 1. The van der Waals surface area contributed by atoms with Crippen LogP contribution >= 0.6 is 0 Å². The molecule has 4 rings (SSSR count). The second-order valence-electron chi connectivity index (χ2n) is 7.44. The van der Waals surface area contributed by atoms with Gasteiger partial charge in [0.1, 0.15) is 6.04 Å². The fourth-order valence-corrected chi connectivity index (χ4v) is 4.28. The fraction of sp³-hybridized carbons (Fsp3) is 0.455. The second kappa shape index (κ2) is 8.53. The van der Waals surface area contributed by atoms with E-state index in [-0.39, 0.29) is 11.9 Å². The highest BCUT2D eigenvalue weighted by Crippen LogP contribution is 2.27. The maximum Gasteiger partial charge on any atom is 0.242 e. The lowest BCUT2D eigenvalue weighted by Gasteiger charge is -2.27. The Morgan fingerprint density at radius 2 is 1.96 bits per heavy atom.